The Bertz CT molecular complexity index is 1100. The van der Waals surface area contributed by atoms with E-state index in [0.717, 1.165) is 25.1 Å². The van der Waals surface area contributed by atoms with Crippen LogP contribution in [0.3, 0.4) is 0 Å². The molecule has 0 unspecified atom stereocenters. The normalized spacial score (nSPS) is 11.1. The predicted octanol–water partition coefficient (Wildman–Crippen LogP) is 8.52. The van der Waals surface area contributed by atoms with E-state index < -0.39 is 7.26 Å². The van der Waals surface area contributed by atoms with Crippen LogP contribution in [0.4, 0.5) is 22.7 Å². The zero-order valence-electron chi connectivity index (χ0n) is 22.5. The summed E-state index contributed by atoms with van der Waals surface area (Å²) in [6.45, 7) is 8.58. The summed E-state index contributed by atoms with van der Waals surface area (Å²) in [4.78, 5) is 0. The Hall–Kier alpha value is -3.49. The molecule has 0 fully saturated rings. The van der Waals surface area contributed by atoms with Gasteiger partial charge < -0.3 is 21.3 Å². The summed E-state index contributed by atoms with van der Waals surface area (Å²) < 4.78 is 0. The number of benzene rings is 4. The Morgan fingerprint density at radius 1 is 0.405 bits per heavy atom. The van der Waals surface area contributed by atoms with Crippen molar-refractivity contribution in [1.29, 1.82) is 0 Å². The van der Waals surface area contributed by atoms with Crippen LogP contribution in [0.2, 0.25) is 0 Å². The quantitative estimate of drug-likeness (QED) is 0.144. The van der Waals surface area contributed by atoms with Crippen LogP contribution in [-0.2, 0) is 0 Å². The van der Waals surface area contributed by atoms with Crippen LogP contribution in [0.1, 0.15) is 22.3 Å². The summed E-state index contributed by atoms with van der Waals surface area (Å²) in [6, 6.07) is 34.6. The lowest BCUT2D eigenvalue weighted by molar-refractivity contribution is 1.24. The minimum Gasteiger partial charge on any atom is -0.353 e. The predicted molar refractivity (Wildman–Crippen MR) is 166 cm³/mol. The third-order valence-corrected chi connectivity index (χ3v) is 9.86. The van der Waals surface area contributed by atoms with Gasteiger partial charge in [0.2, 0.25) is 0 Å². The first-order valence-corrected chi connectivity index (χ1v) is 15.5. The molecule has 0 saturated heterocycles. The molecule has 5 heteroatoms. The minimum atomic E-state index is -1.66. The van der Waals surface area contributed by atoms with Gasteiger partial charge in [-0.05, 0) is 98.5 Å². The molecule has 0 bridgehead atoms. The lowest BCUT2D eigenvalue weighted by atomic mass is 10.2. The fourth-order valence-corrected chi connectivity index (χ4v) is 7.13. The van der Waals surface area contributed by atoms with Crippen LogP contribution >= 0.6 is 7.26 Å². The topological polar surface area (TPSA) is 48.1 Å². The summed E-state index contributed by atoms with van der Waals surface area (Å²) in [7, 11) is -1.66. The fraction of sp³-hybridized carbons (Fsp3) is 0.250. The average molecular weight is 512 g/mol. The number of hydrogen-bond acceptors (Lipinski definition) is 4. The molecule has 4 nitrogen and oxygen atoms in total. The van der Waals surface area contributed by atoms with Gasteiger partial charge in [-0.15, -0.1) is 0 Å². The van der Waals surface area contributed by atoms with Gasteiger partial charge in [0.1, 0.15) is 25.1 Å². The number of anilines is 4. The lowest BCUT2D eigenvalue weighted by Gasteiger charge is -2.30. The molecule has 0 heterocycles. The van der Waals surface area contributed by atoms with Crippen molar-refractivity contribution in [3.63, 3.8) is 0 Å². The summed E-state index contributed by atoms with van der Waals surface area (Å²) >= 11 is 0. The van der Waals surface area contributed by atoms with E-state index in [-0.39, 0.29) is 0 Å². The Morgan fingerprint density at radius 3 is 0.865 bits per heavy atom. The molecular formula is C32H40N4P+. The van der Waals surface area contributed by atoms with E-state index in [2.05, 4.69) is 146 Å². The molecule has 4 aromatic carbocycles. The zero-order chi connectivity index (χ0) is 26.1. The Balaban J connectivity index is 1.61. The van der Waals surface area contributed by atoms with Gasteiger partial charge >= 0.3 is 0 Å². The maximum Gasteiger partial charge on any atom is 0.133 e. The maximum atomic E-state index is 3.80. The van der Waals surface area contributed by atoms with Gasteiger partial charge in [-0.3, -0.25) is 0 Å². The van der Waals surface area contributed by atoms with Crippen LogP contribution in [0.5, 0.6) is 0 Å². The van der Waals surface area contributed by atoms with Crippen LogP contribution in [0.25, 0.3) is 0 Å². The molecule has 0 aromatic heterocycles. The summed E-state index contributed by atoms with van der Waals surface area (Å²) in [5.74, 6) is 0. The van der Waals surface area contributed by atoms with E-state index in [4.69, 9.17) is 0 Å². The SMILES string of the molecule is Cc1cccc(NC[P+](CNc2cccc(C)c2)(CNc2cccc(C)c2)CNc2cccc(C)c2)c1. The van der Waals surface area contributed by atoms with E-state index in [9.17, 15) is 0 Å². The molecule has 4 rings (SSSR count). The third kappa shape index (κ3) is 8.27. The van der Waals surface area contributed by atoms with Crippen molar-refractivity contribution < 1.29 is 0 Å². The monoisotopic (exact) mass is 511 g/mol. The number of aryl methyl sites for hydroxylation is 4. The van der Waals surface area contributed by atoms with Crippen molar-refractivity contribution in [2.24, 2.45) is 0 Å². The molecular weight excluding hydrogens is 471 g/mol. The van der Waals surface area contributed by atoms with Crippen molar-refractivity contribution in [2.75, 3.05) is 46.4 Å². The van der Waals surface area contributed by atoms with E-state index in [1.807, 2.05) is 0 Å². The average Bonchev–Trinajstić information content (AvgIpc) is 2.88. The first kappa shape index (κ1) is 26.6. The first-order chi connectivity index (χ1) is 17.9. The van der Waals surface area contributed by atoms with Crippen LogP contribution in [0, 0.1) is 27.7 Å². The lowest BCUT2D eigenvalue weighted by Crippen LogP contribution is -2.27. The van der Waals surface area contributed by atoms with E-state index >= 15 is 0 Å². The molecule has 0 aliphatic carbocycles. The van der Waals surface area contributed by atoms with Crippen molar-refractivity contribution in [1.82, 2.24) is 0 Å². The fourth-order valence-electron chi connectivity index (χ4n) is 4.39. The van der Waals surface area contributed by atoms with Crippen molar-refractivity contribution >= 4 is 30.0 Å². The van der Waals surface area contributed by atoms with Gasteiger partial charge in [-0.1, -0.05) is 48.5 Å². The molecule has 4 N–H and O–H groups in total. The molecule has 0 atom stereocenters. The molecule has 4 aromatic rings. The first-order valence-electron chi connectivity index (χ1n) is 13.0. The van der Waals surface area contributed by atoms with Gasteiger partial charge in [0.15, 0.2) is 0 Å². The molecule has 0 aliphatic rings. The van der Waals surface area contributed by atoms with Gasteiger partial charge in [0, 0.05) is 22.7 Å². The second kappa shape index (κ2) is 12.7. The number of rotatable bonds is 12. The molecule has 0 amide bonds. The van der Waals surface area contributed by atoms with Gasteiger partial charge in [0.25, 0.3) is 0 Å². The van der Waals surface area contributed by atoms with Crippen molar-refractivity contribution in [3.05, 3.63) is 119 Å². The van der Waals surface area contributed by atoms with Crippen molar-refractivity contribution in [3.8, 4) is 0 Å². The molecule has 0 saturated carbocycles. The van der Waals surface area contributed by atoms with Crippen LogP contribution < -0.4 is 21.3 Å². The molecule has 0 aliphatic heterocycles. The Morgan fingerprint density at radius 2 is 0.649 bits per heavy atom. The zero-order valence-corrected chi connectivity index (χ0v) is 23.4. The summed E-state index contributed by atoms with van der Waals surface area (Å²) in [5, 5.41) is 15.2. The molecule has 37 heavy (non-hydrogen) atoms. The molecule has 192 valence electrons. The third-order valence-electron chi connectivity index (χ3n) is 6.55. The van der Waals surface area contributed by atoms with Gasteiger partial charge in [0.05, 0.1) is 7.26 Å². The number of hydrogen-bond donors (Lipinski definition) is 4. The summed E-state index contributed by atoms with van der Waals surface area (Å²) in [6.07, 6.45) is 3.64. The highest BCUT2D eigenvalue weighted by Gasteiger charge is 2.38. The van der Waals surface area contributed by atoms with Crippen LogP contribution in [0.15, 0.2) is 97.1 Å². The van der Waals surface area contributed by atoms with Crippen LogP contribution in [-0.4, -0.2) is 25.1 Å². The van der Waals surface area contributed by atoms with Gasteiger partial charge in [-0.25, -0.2) is 0 Å². The summed E-state index contributed by atoms with van der Waals surface area (Å²) in [5.41, 5.74) is 9.75. The molecule has 0 spiro atoms. The van der Waals surface area contributed by atoms with E-state index in [0.29, 0.717) is 0 Å². The second-order valence-corrected chi connectivity index (χ2v) is 14.1. The minimum absolute atomic E-state index is 0.910. The maximum absolute atomic E-state index is 3.80. The molecule has 0 radical (unpaired) electrons. The highest BCUT2D eigenvalue weighted by molar-refractivity contribution is 7.76. The van der Waals surface area contributed by atoms with Gasteiger partial charge in [-0.2, -0.15) is 0 Å². The van der Waals surface area contributed by atoms with E-state index in [1.54, 1.807) is 0 Å². The van der Waals surface area contributed by atoms with E-state index in [1.165, 1.54) is 45.0 Å². The highest BCUT2D eigenvalue weighted by atomic mass is 31.2. The second-order valence-electron chi connectivity index (χ2n) is 10.2. The van der Waals surface area contributed by atoms with Crippen molar-refractivity contribution in [2.45, 2.75) is 27.7 Å². The largest absolute Gasteiger partial charge is 0.353 e. The number of nitrogens with one attached hydrogen (secondary N) is 4. The standard InChI is InChI=1S/C32H40N4P/c1-25-9-5-13-29(17-25)33-21-37(22-34-30-14-6-10-26(2)18-30,23-35-31-15-7-11-27(3)19-31)24-36-32-16-8-12-28(4)20-32/h5-20,33-36H,21-24H2,1-4H3/q+1. The highest BCUT2D eigenvalue weighted by Crippen LogP contribution is 2.57. The Kier molecular flexibility index (Phi) is 9.09. The smallest absolute Gasteiger partial charge is 0.133 e. The Labute approximate surface area is 223 Å².